The second-order valence-corrected chi connectivity index (χ2v) is 6.83. The Labute approximate surface area is 178 Å². The lowest BCUT2D eigenvalue weighted by Gasteiger charge is -2.13. The van der Waals surface area contributed by atoms with Crippen molar-refractivity contribution in [1.82, 2.24) is 0 Å². The predicted molar refractivity (Wildman–Crippen MR) is 116 cm³/mol. The summed E-state index contributed by atoms with van der Waals surface area (Å²) in [6.45, 7) is 2.46. The molecule has 0 fully saturated rings. The quantitative estimate of drug-likeness (QED) is 0.323. The summed E-state index contributed by atoms with van der Waals surface area (Å²) in [6.07, 6.45) is 1.64. The summed E-state index contributed by atoms with van der Waals surface area (Å²) in [6, 6.07) is 17.1. The average molecular weight is 433 g/mol. The number of nitrogens with one attached hydrogen (secondary N) is 1. The van der Waals surface area contributed by atoms with Gasteiger partial charge < -0.3 is 9.47 Å². The van der Waals surface area contributed by atoms with E-state index in [1.54, 1.807) is 54.7 Å². The minimum Gasteiger partial charge on any atom is -0.490 e. The Morgan fingerprint density at radius 2 is 1.79 bits per heavy atom. The van der Waals surface area contributed by atoms with E-state index in [0.717, 1.165) is 5.56 Å². The molecule has 0 aliphatic rings. The molecule has 0 bridgehead atoms. The van der Waals surface area contributed by atoms with Gasteiger partial charge in [0.2, 0.25) is 0 Å². The molecule has 0 radical (unpaired) electrons. The third-order valence-corrected chi connectivity index (χ3v) is 4.67. The van der Waals surface area contributed by atoms with E-state index in [-0.39, 0.29) is 12.4 Å². The van der Waals surface area contributed by atoms with Crippen LogP contribution in [0.4, 0.5) is 10.1 Å². The lowest BCUT2D eigenvalue weighted by molar-refractivity contribution is 0.266. The SMILES string of the molecule is CCOc1cc(C=NNc2ccc(Cl)c(Cl)c2)ccc1OCc1ccccc1F. The first-order valence-corrected chi connectivity index (χ1v) is 9.69. The third-order valence-electron chi connectivity index (χ3n) is 3.94. The number of rotatable bonds is 8. The van der Waals surface area contributed by atoms with Crippen molar-refractivity contribution in [2.45, 2.75) is 13.5 Å². The zero-order valence-corrected chi connectivity index (χ0v) is 17.2. The van der Waals surface area contributed by atoms with Crippen molar-refractivity contribution in [2.24, 2.45) is 5.10 Å². The summed E-state index contributed by atoms with van der Waals surface area (Å²) in [5.74, 6) is 0.787. The molecule has 0 unspecified atom stereocenters. The predicted octanol–water partition coefficient (Wildman–Crippen LogP) is 6.56. The molecule has 3 aromatic rings. The molecule has 7 heteroatoms. The van der Waals surface area contributed by atoms with E-state index in [1.807, 2.05) is 13.0 Å². The Balaban J connectivity index is 1.69. The topological polar surface area (TPSA) is 42.8 Å². The number of benzene rings is 3. The second kappa shape index (κ2) is 10.1. The number of anilines is 1. The Kier molecular flexibility index (Phi) is 7.33. The molecule has 3 rings (SSSR count). The van der Waals surface area contributed by atoms with Crippen LogP contribution in [0.1, 0.15) is 18.1 Å². The van der Waals surface area contributed by atoms with Gasteiger partial charge in [0, 0.05) is 5.56 Å². The van der Waals surface area contributed by atoms with Gasteiger partial charge in [-0.25, -0.2) is 4.39 Å². The molecule has 29 heavy (non-hydrogen) atoms. The summed E-state index contributed by atoms with van der Waals surface area (Å²) >= 11 is 11.9. The highest BCUT2D eigenvalue weighted by Gasteiger charge is 2.08. The Morgan fingerprint density at radius 1 is 0.966 bits per heavy atom. The van der Waals surface area contributed by atoms with Crippen molar-refractivity contribution in [3.8, 4) is 11.5 Å². The van der Waals surface area contributed by atoms with Gasteiger partial charge in [0.15, 0.2) is 11.5 Å². The fourth-order valence-corrected chi connectivity index (χ4v) is 2.81. The molecule has 1 N–H and O–H groups in total. The minimum atomic E-state index is -0.303. The average Bonchev–Trinajstić information content (AvgIpc) is 2.71. The van der Waals surface area contributed by atoms with E-state index in [4.69, 9.17) is 32.7 Å². The van der Waals surface area contributed by atoms with Gasteiger partial charge in [-0.05, 0) is 55.0 Å². The van der Waals surface area contributed by atoms with Gasteiger partial charge in [0.1, 0.15) is 12.4 Å². The van der Waals surface area contributed by atoms with Crippen LogP contribution in [0.3, 0.4) is 0 Å². The van der Waals surface area contributed by atoms with Gasteiger partial charge in [0.25, 0.3) is 0 Å². The summed E-state index contributed by atoms with van der Waals surface area (Å²) < 4.78 is 25.2. The second-order valence-electron chi connectivity index (χ2n) is 6.02. The van der Waals surface area contributed by atoms with E-state index in [0.29, 0.717) is 39.4 Å². The number of hydrogen-bond acceptors (Lipinski definition) is 4. The van der Waals surface area contributed by atoms with Crippen molar-refractivity contribution in [3.63, 3.8) is 0 Å². The van der Waals surface area contributed by atoms with E-state index in [9.17, 15) is 4.39 Å². The number of ether oxygens (including phenoxy) is 2. The van der Waals surface area contributed by atoms with E-state index < -0.39 is 0 Å². The molecule has 0 aliphatic carbocycles. The minimum absolute atomic E-state index is 0.110. The molecule has 0 heterocycles. The highest BCUT2D eigenvalue weighted by Crippen LogP contribution is 2.29. The van der Waals surface area contributed by atoms with E-state index in [1.165, 1.54) is 6.07 Å². The maximum absolute atomic E-state index is 13.8. The fourth-order valence-electron chi connectivity index (χ4n) is 2.51. The zero-order valence-electron chi connectivity index (χ0n) is 15.7. The van der Waals surface area contributed by atoms with Gasteiger partial charge >= 0.3 is 0 Å². The molecule has 0 saturated carbocycles. The van der Waals surface area contributed by atoms with Gasteiger partial charge in [-0.15, -0.1) is 0 Å². The van der Waals surface area contributed by atoms with Crippen molar-refractivity contribution < 1.29 is 13.9 Å². The van der Waals surface area contributed by atoms with Crippen LogP contribution < -0.4 is 14.9 Å². The molecular formula is C22H19Cl2FN2O2. The first kappa shape index (κ1) is 21.0. The van der Waals surface area contributed by atoms with Gasteiger partial charge in [-0.3, -0.25) is 5.43 Å². The van der Waals surface area contributed by atoms with Gasteiger partial charge in [-0.1, -0.05) is 41.4 Å². The van der Waals surface area contributed by atoms with E-state index >= 15 is 0 Å². The highest BCUT2D eigenvalue weighted by atomic mass is 35.5. The van der Waals surface area contributed by atoms with Crippen LogP contribution in [0, 0.1) is 5.82 Å². The molecule has 0 spiro atoms. The molecule has 0 aromatic heterocycles. The summed E-state index contributed by atoms with van der Waals surface area (Å²) in [5.41, 5.74) is 4.89. The van der Waals surface area contributed by atoms with Crippen LogP contribution in [0.2, 0.25) is 10.0 Å². The highest BCUT2D eigenvalue weighted by molar-refractivity contribution is 6.42. The van der Waals surface area contributed by atoms with Gasteiger partial charge in [-0.2, -0.15) is 5.10 Å². The smallest absolute Gasteiger partial charge is 0.161 e. The van der Waals surface area contributed by atoms with E-state index in [2.05, 4.69) is 10.5 Å². The maximum Gasteiger partial charge on any atom is 0.161 e. The monoisotopic (exact) mass is 432 g/mol. The maximum atomic E-state index is 13.8. The van der Waals surface area contributed by atoms with Crippen molar-refractivity contribution >= 4 is 35.1 Å². The summed E-state index contributed by atoms with van der Waals surface area (Å²) in [5, 5.41) is 5.12. The Bertz CT molecular complexity index is 1010. The summed E-state index contributed by atoms with van der Waals surface area (Å²) in [7, 11) is 0. The molecule has 0 atom stereocenters. The molecular weight excluding hydrogens is 414 g/mol. The molecule has 0 amide bonds. The van der Waals surface area contributed by atoms with Crippen molar-refractivity contribution in [2.75, 3.05) is 12.0 Å². The Hall–Kier alpha value is -2.76. The largest absolute Gasteiger partial charge is 0.490 e. The molecule has 4 nitrogen and oxygen atoms in total. The zero-order chi connectivity index (χ0) is 20.6. The van der Waals surface area contributed by atoms with Crippen LogP contribution >= 0.6 is 23.2 Å². The first-order chi connectivity index (χ1) is 14.1. The molecule has 3 aromatic carbocycles. The summed E-state index contributed by atoms with van der Waals surface area (Å²) in [4.78, 5) is 0. The third kappa shape index (κ3) is 5.86. The van der Waals surface area contributed by atoms with Crippen molar-refractivity contribution in [1.29, 1.82) is 0 Å². The van der Waals surface area contributed by atoms with Crippen LogP contribution in [0.25, 0.3) is 0 Å². The molecule has 0 saturated heterocycles. The lowest BCUT2D eigenvalue weighted by Crippen LogP contribution is -2.02. The number of nitrogens with zero attached hydrogens (tertiary/aromatic N) is 1. The molecule has 0 aliphatic heterocycles. The van der Waals surface area contributed by atoms with Crippen LogP contribution in [0.15, 0.2) is 65.8 Å². The van der Waals surface area contributed by atoms with Crippen LogP contribution in [-0.4, -0.2) is 12.8 Å². The molecule has 150 valence electrons. The van der Waals surface area contributed by atoms with Crippen molar-refractivity contribution in [3.05, 3.63) is 87.7 Å². The number of hydrogen-bond donors (Lipinski definition) is 1. The normalized spacial score (nSPS) is 10.9. The standard InChI is InChI=1S/C22H19Cl2FN2O2/c1-2-28-22-11-15(13-26-27-17-8-9-18(23)19(24)12-17)7-10-21(22)29-14-16-5-3-4-6-20(16)25/h3-13,27H,2,14H2,1H3. The van der Waals surface area contributed by atoms with Gasteiger partial charge in [0.05, 0.1) is 28.6 Å². The van der Waals surface area contributed by atoms with Crippen LogP contribution in [-0.2, 0) is 6.61 Å². The number of halogens is 3. The number of hydrazone groups is 1. The van der Waals surface area contributed by atoms with Crippen LogP contribution in [0.5, 0.6) is 11.5 Å². The lowest BCUT2D eigenvalue weighted by atomic mass is 10.2. The Morgan fingerprint density at radius 3 is 2.55 bits per heavy atom. The fraction of sp³-hybridized carbons (Fsp3) is 0.136. The first-order valence-electron chi connectivity index (χ1n) is 8.94.